The summed E-state index contributed by atoms with van der Waals surface area (Å²) in [6, 6.07) is 13.1. The van der Waals surface area contributed by atoms with Crippen LogP contribution in [-0.4, -0.2) is 40.2 Å². The van der Waals surface area contributed by atoms with Crippen LogP contribution < -0.4 is 4.74 Å². The normalized spacial score (nSPS) is 20.1. The third kappa shape index (κ3) is 6.14. The van der Waals surface area contributed by atoms with Gasteiger partial charge in [-0.2, -0.15) is 13.2 Å². The van der Waals surface area contributed by atoms with Crippen molar-refractivity contribution in [3.8, 4) is 16.9 Å². The highest BCUT2D eigenvalue weighted by Crippen LogP contribution is 2.39. The van der Waals surface area contributed by atoms with Gasteiger partial charge in [0.2, 0.25) is 0 Å². The SMILES string of the molecule is Cc1cc(-c2ccc(C3CCc4ccc(CC(C)C(=O)O)cc4O3)cc2CN2CCC(C(F)(F)F)C2)c(F)cn1. The van der Waals surface area contributed by atoms with E-state index in [1.807, 2.05) is 36.4 Å². The molecule has 3 aromatic rings. The number of benzene rings is 2. The molecule has 1 saturated heterocycles. The molecule has 0 aliphatic carbocycles. The molecule has 0 radical (unpaired) electrons. The van der Waals surface area contributed by atoms with Gasteiger partial charge in [-0.15, -0.1) is 0 Å². The number of ether oxygens (including phenoxy) is 1. The molecular formula is C31H32F4N2O3. The van der Waals surface area contributed by atoms with Crippen molar-refractivity contribution >= 4 is 5.97 Å². The third-order valence-corrected chi connectivity index (χ3v) is 7.95. The lowest BCUT2D eigenvalue weighted by Gasteiger charge is -2.28. The van der Waals surface area contributed by atoms with Gasteiger partial charge in [0.25, 0.3) is 0 Å². The minimum Gasteiger partial charge on any atom is -0.485 e. The molecule has 1 N–H and O–H groups in total. The molecule has 3 unspecified atom stereocenters. The number of fused-ring (bicyclic) bond motifs is 1. The molecule has 9 heteroatoms. The maximum Gasteiger partial charge on any atom is 0.393 e. The Morgan fingerprint density at radius 3 is 2.67 bits per heavy atom. The highest BCUT2D eigenvalue weighted by Gasteiger charge is 2.43. The summed E-state index contributed by atoms with van der Waals surface area (Å²) in [5.41, 5.74) is 5.17. The lowest BCUT2D eigenvalue weighted by molar-refractivity contribution is -0.170. The average molecular weight is 557 g/mol. The van der Waals surface area contributed by atoms with Crippen LogP contribution in [0.3, 0.4) is 0 Å². The van der Waals surface area contributed by atoms with Crippen molar-refractivity contribution in [1.82, 2.24) is 9.88 Å². The number of carboxylic acid groups (broad SMARTS) is 1. The zero-order valence-electron chi connectivity index (χ0n) is 22.5. The first-order valence-corrected chi connectivity index (χ1v) is 13.5. The van der Waals surface area contributed by atoms with E-state index in [0.29, 0.717) is 42.0 Å². The second kappa shape index (κ2) is 11.2. The van der Waals surface area contributed by atoms with Gasteiger partial charge in [-0.3, -0.25) is 14.7 Å². The average Bonchev–Trinajstić information content (AvgIpc) is 3.39. The van der Waals surface area contributed by atoms with Crippen LogP contribution in [0, 0.1) is 24.6 Å². The lowest BCUT2D eigenvalue weighted by atomic mass is 9.91. The number of nitrogens with zero attached hydrogens (tertiary/aromatic N) is 2. The van der Waals surface area contributed by atoms with E-state index in [1.54, 1.807) is 24.8 Å². The van der Waals surface area contributed by atoms with Crippen LogP contribution in [0.5, 0.6) is 5.75 Å². The molecule has 0 spiro atoms. The number of carbonyl (C=O) groups is 1. The van der Waals surface area contributed by atoms with E-state index in [4.69, 9.17) is 4.74 Å². The van der Waals surface area contributed by atoms with Gasteiger partial charge in [0.05, 0.1) is 18.0 Å². The molecule has 5 rings (SSSR count). The van der Waals surface area contributed by atoms with Crippen LogP contribution in [0.2, 0.25) is 0 Å². The van der Waals surface area contributed by atoms with Crippen molar-refractivity contribution in [3.63, 3.8) is 0 Å². The second-order valence-electron chi connectivity index (χ2n) is 11.0. The molecule has 3 atom stereocenters. The van der Waals surface area contributed by atoms with E-state index in [0.717, 1.165) is 28.7 Å². The molecule has 5 nitrogen and oxygen atoms in total. The summed E-state index contributed by atoms with van der Waals surface area (Å²) >= 11 is 0. The molecule has 1 aromatic heterocycles. The molecular weight excluding hydrogens is 524 g/mol. The fourth-order valence-electron chi connectivity index (χ4n) is 5.66. The molecule has 212 valence electrons. The Morgan fingerprint density at radius 1 is 1.15 bits per heavy atom. The Hall–Kier alpha value is -3.46. The third-order valence-electron chi connectivity index (χ3n) is 7.95. The summed E-state index contributed by atoms with van der Waals surface area (Å²) in [6.45, 7) is 3.92. The summed E-state index contributed by atoms with van der Waals surface area (Å²) < 4.78 is 61.3. The van der Waals surface area contributed by atoms with Crippen LogP contribution in [0.1, 0.15) is 53.8 Å². The molecule has 2 aliphatic heterocycles. The fraction of sp³-hybridized carbons (Fsp3) is 0.419. The van der Waals surface area contributed by atoms with E-state index >= 15 is 0 Å². The molecule has 2 aliphatic rings. The van der Waals surface area contributed by atoms with Crippen LogP contribution in [0.4, 0.5) is 17.6 Å². The molecule has 40 heavy (non-hydrogen) atoms. The highest BCUT2D eigenvalue weighted by molar-refractivity contribution is 5.70. The van der Waals surface area contributed by atoms with Crippen LogP contribution in [-0.2, 0) is 24.2 Å². The first-order valence-electron chi connectivity index (χ1n) is 13.5. The second-order valence-corrected chi connectivity index (χ2v) is 11.0. The number of rotatable bonds is 7. The topological polar surface area (TPSA) is 62.7 Å². The predicted octanol–water partition coefficient (Wildman–Crippen LogP) is 6.91. The number of halogens is 4. The Bertz CT molecular complexity index is 1410. The summed E-state index contributed by atoms with van der Waals surface area (Å²) in [5, 5.41) is 9.27. The van der Waals surface area contributed by atoms with E-state index in [1.165, 1.54) is 6.20 Å². The maximum atomic E-state index is 14.9. The number of carboxylic acids is 1. The largest absolute Gasteiger partial charge is 0.485 e. The van der Waals surface area contributed by atoms with E-state index in [9.17, 15) is 27.5 Å². The monoisotopic (exact) mass is 556 g/mol. The number of likely N-dealkylation sites (tertiary alicyclic amines) is 1. The summed E-state index contributed by atoms with van der Waals surface area (Å²) in [4.78, 5) is 17.1. The zero-order chi connectivity index (χ0) is 28.6. The Morgan fingerprint density at radius 2 is 1.95 bits per heavy atom. The number of aliphatic carboxylic acids is 1. The number of hydrogen-bond acceptors (Lipinski definition) is 4. The molecule has 0 saturated carbocycles. The number of alkyl halides is 3. The van der Waals surface area contributed by atoms with Gasteiger partial charge in [-0.25, -0.2) is 4.39 Å². The quantitative estimate of drug-likeness (QED) is 0.321. The summed E-state index contributed by atoms with van der Waals surface area (Å²) in [6.07, 6.45) is -1.45. The molecule has 0 bridgehead atoms. The van der Waals surface area contributed by atoms with E-state index < -0.39 is 29.8 Å². The van der Waals surface area contributed by atoms with Crippen molar-refractivity contribution in [2.24, 2.45) is 11.8 Å². The van der Waals surface area contributed by atoms with Gasteiger partial charge < -0.3 is 9.84 Å². The molecule has 0 amide bonds. The first kappa shape index (κ1) is 28.1. The number of hydrogen-bond donors (Lipinski definition) is 1. The Kier molecular flexibility index (Phi) is 7.86. The van der Waals surface area contributed by atoms with E-state index in [-0.39, 0.29) is 25.6 Å². The minimum atomic E-state index is -4.24. The summed E-state index contributed by atoms with van der Waals surface area (Å²) in [7, 11) is 0. The van der Waals surface area contributed by atoms with Gasteiger partial charge in [0.1, 0.15) is 17.7 Å². The van der Waals surface area contributed by atoms with Gasteiger partial charge >= 0.3 is 12.1 Å². The Labute approximate surface area is 230 Å². The van der Waals surface area contributed by atoms with Crippen molar-refractivity contribution < 1.29 is 32.2 Å². The predicted molar refractivity (Wildman–Crippen MR) is 142 cm³/mol. The van der Waals surface area contributed by atoms with Crippen LogP contribution in [0.25, 0.3) is 11.1 Å². The van der Waals surface area contributed by atoms with Gasteiger partial charge in [-0.1, -0.05) is 37.3 Å². The Balaban J connectivity index is 1.44. The van der Waals surface area contributed by atoms with Gasteiger partial charge in [0, 0.05) is 24.3 Å². The minimum absolute atomic E-state index is 0.0482. The zero-order valence-corrected chi connectivity index (χ0v) is 22.5. The van der Waals surface area contributed by atoms with Gasteiger partial charge in [0.15, 0.2) is 0 Å². The maximum absolute atomic E-state index is 14.9. The standard InChI is InChI=1S/C31H32F4N2O3/c1-18(30(38)39)11-20-3-4-21-6-8-28(40-29(21)13-20)22-5-7-25(26-12-19(2)36-15-27(26)32)23(14-22)16-37-10-9-24(17-37)31(33,34)35/h3-5,7,12-15,18,24,28H,6,8-11,16-17H2,1-2H3,(H,38,39). The first-order chi connectivity index (χ1) is 19.0. The molecule has 3 heterocycles. The lowest BCUT2D eigenvalue weighted by Crippen LogP contribution is -2.27. The van der Waals surface area contributed by atoms with E-state index in [2.05, 4.69) is 4.98 Å². The summed E-state index contributed by atoms with van der Waals surface area (Å²) in [5.74, 6) is -2.52. The fourth-order valence-corrected chi connectivity index (χ4v) is 5.66. The van der Waals surface area contributed by atoms with Crippen molar-refractivity contribution in [1.29, 1.82) is 0 Å². The smallest absolute Gasteiger partial charge is 0.393 e. The van der Waals surface area contributed by atoms with Crippen molar-refractivity contribution in [2.45, 2.75) is 58.4 Å². The van der Waals surface area contributed by atoms with Gasteiger partial charge in [-0.05, 0) is 79.1 Å². The highest BCUT2D eigenvalue weighted by atomic mass is 19.4. The van der Waals surface area contributed by atoms with Crippen LogP contribution in [0.15, 0.2) is 48.7 Å². The molecule has 1 fully saturated rings. The number of aryl methyl sites for hydroxylation is 2. The number of pyridine rings is 1. The number of aromatic nitrogens is 1. The van der Waals surface area contributed by atoms with Crippen LogP contribution >= 0.6 is 0 Å². The van der Waals surface area contributed by atoms with Crippen molar-refractivity contribution in [3.05, 3.63) is 82.4 Å². The molecule has 2 aromatic carbocycles. The van der Waals surface area contributed by atoms with Crippen molar-refractivity contribution in [2.75, 3.05) is 13.1 Å².